The van der Waals surface area contributed by atoms with Crippen molar-refractivity contribution in [3.8, 4) is 5.75 Å². The van der Waals surface area contributed by atoms with E-state index in [4.69, 9.17) is 10.4 Å². The van der Waals surface area contributed by atoms with Crippen LogP contribution < -0.4 is 15.7 Å². The molecule has 8 heteroatoms. The van der Waals surface area contributed by atoms with Crippen LogP contribution in [0.15, 0.2) is 48.5 Å². The Morgan fingerprint density at radius 1 is 1.20 bits per heavy atom. The van der Waals surface area contributed by atoms with E-state index in [-0.39, 0.29) is 17.7 Å². The molecule has 1 aliphatic heterocycles. The SMILES string of the molecule is N[C@@H](C(=O)NC1Cc2cccc(C(=O)O)c2OB1O)c1ccccc1. The number of aromatic carboxylic acids is 1. The number of carbonyl (C=O) groups excluding carboxylic acids is 1. The molecule has 1 unspecified atom stereocenters. The first-order valence-corrected chi connectivity index (χ1v) is 7.78. The van der Waals surface area contributed by atoms with Crippen LogP contribution in [-0.4, -0.2) is 35.1 Å². The molecule has 2 aromatic carbocycles. The molecule has 0 fully saturated rings. The van der Waals surface area contributed by atoms with Gasteiger partial charge in [0.15, 0.2) is 0 Å². The first-order valence-electron chi connectivity index (χ1n) is 7.78. The van der Waals surface area contributed by atoms with Crippen LogP contribution >= 0.6 is 0 Å². The van der Waals surface area contributed by atoms with Crippen molar-refractivity contribution >= 4 is 19.0 Å². The predicted octanol–water partition coefficient (Wildman–Crippen LogP) is 0.524. The van der Waals surface area contributed by atoms with Gasteiger partial charge in [-0.25, -0.2) is 4.79 Å². The molecule has 0 spiro atoms. The highest BCUT2D eigenvalue weighted by molar-refractivity contribution is 6.47. The Hall–Kier alpha value is -2.84. The summed E-state index contributed by atoms with van der Waals surface area (Å²) < 4.78 is 5.34. The first-order chi connectivity index (χ1) is 12.0. The summed E-state index contributed by atoms with van der Waals surface area (Å²) in [5, 5.41) is 22.0. The summed E-state index contributed by atoms with van der Waals surface area (Å²) in [5.74, 6) is -2.19. The third kappa shape index (κ3) is 3.49. The zero-order valence-corrected chi connectivity index (χ0v) is 13.3. The van der Waals surface area contributed by atoms with Crippen molar-refractivity contribution in [2.75, 3.05) is 0 Å². The molecule has 3 rings (SSSR count). The maximum absolute atomic E-state index is 12.3. The highest BCUT2D eigenvalue weighted by atomic mass is 16.5. The number of benzene rings is 2. The van der Waals surface area contributed by atoms with Gasteiger partial charge in [0, 0.05) is 0 Å². The molecule has 0 aromatic heterocycles. The fourth-order valence-corrected chi connectivity index (χ4v) is 2.80. The number of nitrogens with one attached hydrogen (secondary N) is 1. The van der Waals surface area contributed by atoms with Crippen LogP contribution in [0.1, 0.15) is 27.5 Å². The second kappa shape index (κ2) is 6.96. The van der Waals surface area contributed by atoms with E-state index >= 15 is 0 Å². The van der Waals surface area contributed by atoms with Gasteiger partial charge in [0.2, 0.25) is 5.91 Å². The number of para-hydroxylation sites is 1. The maximum Gasteiger partial charge on any atom is 0.547 e. The highest BCUT2D eigenvalue weighted by Gasteiger charge is 2.38. The molecule has 0 radical (unpaired) electrons. The number of hydrogen-bond acceptors (Lipinski definition) is 5. The minimum Gasteiger partial charge on any atom is -0.534 e. The fourth-order valence-electron chi connectivity index (χ4n) is 2.80. The second-order valence-electron chi connectivity index (χ2n) is 5.81. The van der Waals surface area contributed by atoms with Crippen molar-refractivity contribution in [3.63, 3.8) is 0 Å². The molecular formula is C17H17BN2O5. The molecular weight excluding hydrogens is 323 g/mol. The van der Waals surface area contributed by atoms with Gasteiger partial charge >= 0.3 is 13.1 Å². The number of nitrogens with two attached hydrogens (primary N) is 1. The van der Waals surface area contributed by atoms with Gasteiger partial charge in [0.25, 0.3) is 0 Å². The molecule has 2 atom stereocenters. The van der Waals surface area contributed by atoms with Crippen LogP contribution in [0.3, 0.4) is 0 Å². The molecule has 128 valence electrons. The standard InChI is InChI=1S/C17H17BN2O5/c19-14(10-5-2-1-3-6-10)16(21)20-13-9-11-7-4-8-12(17(22)23)15(11)25-18(13)24/h1-8,13-14,24H,9,19H2,(H,20,21)(H,22,23)/t13?,14-/m1/s1. The van der Waals surface area contributed by atoms with Gasteiger partial charge in [-0.3, -0.25) is 4.79 Å². The van der Waals surface area contributed by atoms with Gasteiger partial charge in [-0.1, -0.05) is 42.5 Å². The van der Waals surface area contributed by atoms with E-state index in [2.05, 4.69) is 5.32 Å². The molecule has 25 heavy (non-hydrogen) atoms. The number of fused-ring (bicyclic) bond motifs is 1. The summed E-state index contributed by atoms with van der Waals surface area (Å²) >= 11 is 0. The molecule has 1 amide bonds. The largest absolute Gasteiger partial charge is 0.547 e. The number of amides is 1. The van der Waals surface area contributed by atoms with E-state index in [0.29, 0.717) is 11.1 Å². The third-order valence-electron chi connectivity index (χ3n) is 4.12. The molecule has 1 aliphatic rings. The Bertz CT molecular complexity index is 799. The minimum absolute atomic E-state index is 0.0256. The van der Waals surface area contributed by atoms with E-state index in [1.807, 2.05) is 6.07 Å². The average Bonchev–Trinajstić information content (AvgIpc) is 2.61. The summed E-state index contributed by atoms with van der Waals surface area (Å²) in [5.41, 5.74) is 7.18. The van der Waals surface area contributed by atoms with Gasteiger partial charge in [-0.15, -0.1) is 0 Å². The minimum atomic E-state index is -1.36. The Morgan fingerprint density at radius 2 is 1.92 bits per heavy atom. The van der Waals surface area contributed by atoms with Crippen LogP contribution in [0.4, 0.5) is 0 Å². The topological polar surface area (TPSA) is 122 Å². The van der Waals surface area contributed by atoms with E-state index in [1.54, 1.807) is 36.4 Å². The lowest BCUT2D eigenvalue weighted by atomic mass is 9.72. The number of hydrogen-bond donors (Lipinski definition) is 4. The summed E-state index contributed by atoms with van der Waals surface area (Å²) in [6.07, 6.45) is 0.241. The van der Waals surface area contributed by atoms with Crippen molar-refractivity contribution in [3.05, 3.63) is 65.2 Å². The fraction of sp³-hybridized carbons (Fsp3) is 0.176. The van der Waals surface area contributed by atoms with Crippen molar-refractivity contribution in [2.24, 2.45) is 5.73 Å². The zero-order chi connectivity index (χ0) is 18.0. The number of rotatable bonds is 4. The van der Waals surface area contributed by atoms with E-state index in [0.717, 1.165) is 0 Å². The summed E-state index contributed by atoms with van der Waals surface area (Å²) in [7, 11) is -1.36. The van der Waals surface area contributed by atoms with Gasteiger partial charge in [-0.2, -0.15) is 0 Å². The third-order valence-corrected chi connectivity index (χ3v) is 4.12. The molecule has 5 N–H and O–H groups in total. The molecule has 0 bridgehead atoms. The second-order valence-corrected chi connectivity index (χ2v) is 5.81. The van der Waals surface area contributed by atoms with Crippen molar-refractivity contribution in [1.29, 1.82) is 0 Å². The number of carboxylic acids is 1. The van der Waals surface area contributed by atoms with E-state index in [9.17, 15) is 19.7 Å². The Labute approximate surface area is 144 Å². The van der Waals surface area contributed by atoms with Gasteiger partial charge in [-0.05, 0) is 23.6 Å². The number of carbonyl (C=O) groups is 2. The van der Waals surface area contributed by atoms with Crippen LogP contribution in [-0.2, 0) is 11.2 Å². The lowest BCUT2D eigenvalue weighted by Gasteiger charge is -2.29. The van der Waals surface area contributed by atoms with Crippen molar-refractivity contribution in [1.82, 2.24) is 5.32 Å². The first kappa shape index (κ1) is 17.0. The van der Waals surface area contributed by atoms with E-state index < -0.39 is 31.0 Å². The lowest BCUT2D eigenvalue weighted by molar-refractivity contribution is -0.122. The molecule has 0 aliphatic carbocycles. The van der Waals surface area contributed by atoms with Gasteiger partial charge in [0.05, 0.1) is 11.5 Å². The molecule has 1 heterocycles. The zero-order valence-electron chi connectivity index (χ0n) is 13.3. The molecule has 7 nitrogen and oxygen atoms in total. The van der Waals surface area contributed by atoms with Crippen LogP contribution in [0.2, 0.25) is 0 Å². The Morgan fingerprint density at radius 3 is 2.60 bits per heavy atom. The van der Waals surface area contributed by atoms with Gasteiger partial charge < -0.3 is 25.8 Å². The highest BCUT2D eigenvalue weighted by Crippen LogP contribution is 2.30. The Kier molecular flexibility index (Phi) is 4.73. The maximum atomic E-state index is 12.3. The molecule has 2 aromatic rings. The summed E-state index contributed by atoms with van der Waals surface area (Å²) in [4.78, 5) is 23.6. The quantitative estimate of drug-likeness (QED) is 0.602. The van der Waals surface area contributed by atoms with Crippen LogP contribution in [0.25, 0.3) is 0 Å². The van der Waals surface area contributed by atoms with Crippen molar-refractivity contribution < 1.29 is 24.4 Å². The van der Waals surface area contributed by atoms with Crippen LogP contribution in [0, 0.1) is 0 Å². The van der Waals surface area contributed by atoms with Gasteiger partial charge in [0.1, 0.15) is 11.8 Å². The monoisotopic (exact) mass is 340 g/mol. The normalized spacial score (nSPS) is 17.2. The summed E-state index contributed by atoms with van der Waals surface area (Å²) in [6.45, 7) is 0. The van der Waals surface area contributed by atoms with E-state index in [1.165, 1.54) is 6.07 Å². The predicted molar refractivity (Wildman–Crippen MR) is 91.0 cm³/mol. The average molecular weight is 340 g/mol. The molecule has 0 saturated carbocycles. The summed E-state index contributed by atoms with van der Waals surface area (Å²) in [6, 6.07) is 12.7. The lowest BCUT2D eigenvalue weighted by Crippen LogP contribution is -2.54. The molecule has 0 saturated heterocycles. The number of carboxylic acid groups (broad SMARTS) is 1. The van der Waals surface area contributed by atoms with Crippen molar-refractivity contribution in [2.45, 2.75) is 18.4 Å². The smallest absolute Gasteiger partial charge is 0.534 e. The Balaban J connectivity index is 1.75. The van der Waals surface area contributed by atoms with Crippen LogP contribution in [0.5, 0.6) is 5.75 Å².